The molecule has 0 atom stereocenters. The predicted octanol–water partition coefficient (Wildman–Crippen LogP) is 2.66. The number of phenols is 1. The normalized spacial score (nSPS) is 10.4. The van der Waals surface area contributed by atoms with E-state index in [2.05, 4.69) is 4.74 Å². The van der Waals surface area contributed by atoms with E-state index < -0.39 is 5.97 Å². The Morgan fingerprint density at radius 3 is 2.35 bits per heavy atom. The average Bonchev–Trinajstić information content (AvgIpc) is 2.48. The van der Waals surface area contributed by atoms with Crippen molar-refractivity contribution in [2.45, 2.75) is 6.92 Å². The van der Waals surface area contributed by atoms with Crippen molar-refractivity contribution in [3.63, 3.8) is 0 Å². The van der Waals surface area contributed by atoms with Gasteiger partial charge in [-0.3, -0.25) is 0 Å². The summed E-state index contributed by atoms with van der Waals surface area (Å²) in [6.45, 7) is 1.84. The van der Waals surface area contributed by atoms with Crippen LogP contribution in [0.5, 0.6) is 17.2 Å². The van der Waals surface area contributed by atoms with Crippen molar-refractivity contribution in [2.75, 3.05) is 21.3 Å². The third kappa shape index (κ3) is 2.11. The number of esters is 1. The fourth-order valence-electron chi connectivity index (χ4n) is 2.23. The molecule has 0 saturated carbocycles. The Kier molecular flexibility index (Phi) is 3.70. The van der Waals surface area contributed by atoms with Gasteiger partial charge in [0.05, 0.1) is 21.3 Å². The van der Waals surface area contributed by atoms with Gasteiger partial charge in [0.15, 0.2) is 0 Å². The Morgan fingerprint density at radius 2 is 1.80 bits per heavy atom. The average molecular weight is 276 g/mol. The zero-order valence-corrected chi connectivity index (χ0v) is 11.8. The van der Waals surface area contributed by atoms with Crippen molar-refractivity contribution < 1.29 is 24.1 Å². The number of fused-ring (bicyclic) bond motifs is 1. The van der Waals surface area contributed by atoms with E-state index in [-0.39, 0.29) is 11.3 Å². The van der Waals surface area contributed by atoms with Crippen molar-refractivity contribution in [1.82, 2.24) is 0 Å². The summed E-state index contributed by atoms with van der Waals surface area (Å²) in [5.74, 6) is 0.374. The molecule has 106 valence electrons. The van der Waals surface area contributed by atoms with E-state index >= 15 is 0 Å². The Bertz CT molecular complexity index is 676. The Labute approximate surface area is 116 Å². The van der Waals surface area contributed by atoms with Crippen molar-refractivity contribution in [3.8, 4) is 17.2 Å². The number of aryl methyl sites for hydroxylation is 1. The molecule has 0 amide bonds. The zero-order chi connectivity index (χ0) is 14.9. The highest BCUT2D eigenvalue weighted by atomic mass is 16.5. The summed E-state index contributed by atoms with van der Waals surface area (Å²) in [7, 11) is 4.33. The molecular weight excluding hydrogens is 260 g/mol. The molecule has 0 heterocycles. The van der Waals surface area contributed by atoms with Gasteiger partial charge in [-0.05, 0) is 24.6 Å². The molecule has 5 nitrogen and oxygen atoms in total. The highest BCUT2D eigenvalue weighted by molar-refractivity contribution is 6.05. The molecule has 2 rings (SSSR count). The first-order valence-electron chi connectivity index (χ1n) is 6.00. The molecule has 0 spiro atoms. The lowest BCUT2D eigenvalue weighted by Gasteiger charge is -2.14. The van der Waals surface area contributed by atoms with E-state index in [1.165, 1.54) is 14.2 Å². The van der Waals surface area contributed by atoms with Crippen molar-refractivity contribution in [3.05, 3.63) is 29.3 Å². The van der Waals surface area contributed by atoms with Crippen molar-refractivity contribution in [2.24, 2.45) is 0 Å². The summed E-state index contributed by atoms with van der Waals surface area (Å²) in [5, 5.41) is 11.5. The molecule has 2 aromatic carbocycles. The number of phenolic OH excluding ortho intramolecular Hbond substituents is 1. The topological polar surface area (TPSA) is 65.0 Å². The second-order valence-electron chi connectivity index (χ2n) is 4.33. The van der Waals surface area contributed by atoms with Crippen LogP contribution in [-0.2, 0) is 4.74 Å². The van der Waals surface area contributed by atoms with Gasteiger partial charge in [-0.2, -0.15) is 0 Å². The summed E-state index contributed by atoms with van der Waals surface area (Å²) in [6.07, 6.45) is 0. The molecule has 5 heteroatoms. The number of carbonyl (C=O) groups is 1. The van der Waals surface area contributed by atoms with Crippen LogP contribution in [0, 0.1) is 6.92 Å². The van der Waals surface area contributed by atoms with Crippen LogP contribution in [0.25, 0.3) is 10.8 Å². The minimum absolute atomic E-state index is 0.118. The molecule has 0 fully saturated rings. The first-order valence-corrected chi connectivity index (χ1v) is 6.00. The number of benzene rings is 2. The molecule has 0 aliphatic heterocycles. The van der Waals surface area contributed by atoms with Crippen LogP contribution >= 0.6 is 0 Å². The summed E-state index contributed by atoms with van der Waals surface area (Å²) in [6, 6.07) is 4.97. The van der Waals surface area contributed by atoms with Gasteiger partial charge in [-0.25, -0.2) is 4.79 Å². The van der Waals surface area contributed by atoms with E-state index in [1.807, 2.05) is 6.92 Å². The highest BCUT2D eigenvalue weighted by Gasteiger charge is 2.19. The van der Waals surface area contributed by atoms with Gasteiger partial charge in [0.1, 0.15) is 22.8 Å². The zero-order valence-electron chi connectivity index (χ0n) is 11.8. The predicted molar refractivity (Wildman–Crippen MR) is 74.8 cm³/mol. The highest BCUT2D eigenvalue weighted by Crippen LogP contribution is 2.40. The van der Waals surface area contributed by atoms with Gasteiger partial charge < -0.3 is 19.3 Å². The van der Waals surface area contributed by atoms with Crippen LogP contribution in [0.15, 0.2) is 18.2 Å². The minimum atomic E-state index is -0.589. The van der Waals surface area contributed by atoms with Crippen LogP contribution in [0.4, 0.5) is 0 Å². The van der Waals surface area contributed by atoms with Crippen molar-refractivity contribution in [1.29, 1.82) is 0 Å². The van der Waals surface area contributed by atoms with Gasteiger partial charge in [-0.1, -0.05) is 0 Å². The Morgan fingerprint density at radius 1 is 1.10 bits per heavy atom. The van der Waals surface area contributed by atoms with E-state index in [0.717, 1.165) is 10.9 Å². The van der Waals surface area contributed by atoms with E-state index in [0.29, 0.717) is 16.9 Å². The lowest BCUT2D eigenvalue weighted by Crippen LogP contribution is -2.03. The van der Waals surface area contributed by atoms with Crippen molar-refractivity contribution >= 4 is 16.7 Å². The van der Waals surface area contributed by atoms with E-state index in [9.17, 15) is 9.90 Å². The number of carbonyl (C=O) groups excluding carboxylic acids is 1. The second kappa shape index (κ2) is 5.28. The fourth-order valence-corrected chi connectivity index (χ4v) is 2.23. The molecular formula is C15H16O5. The van der Waals surface area contributed by atoms with Gasteiger partial charge in [0.2, 0.25) is 0 Å². The monoisotopic (exact) mass is 276 g/mol. The number of methoxy groups -OCH3 is 3. The first-order chi connectivity index (χ1) is 9.53. The summed E-state index contributed by atoms with van der Waals surface area (Å²) in [4.78, 5) is 11.7. The largest absolute Gasteiger partial charge is 0.506 e. The van der Waals surface area contributed by atoms with Crippen LogP contribution in [0.3, 0.4) is 0 Å². The maximum atomic E-state index is 11.7. The third-order valence-corrected chi connectivity index (χ3v) is 3.20. The van der Waals surface area contributed by atoms with Gasteiger partial charge in [-0.15, -0.1) is 0 Å². The SMILES string of the molecule is COC(=O)c1cc(C)c2c(OC)cc(OC)cc2c1O. The molecule has 0 bridgehead atoms. The summed E-state index contributed by atoms with van der Waals surface area (Å²) in [5.41, 5.74) is 0.922. The van der Waals surface area contributed by atoms with Crippen LogP contribution < -0.4 is 9.47 Å². The van der Waals surface area contributed by atoms with Gasteiger partial charge >= 0.3 is 5.97 Å². The molecule has 2 aromatic rings. The third-order valence-electron chi connectivity index (χ3n) is 3.20. The maximum absolute atomic E-state index is 11.7. The fraction of sp³-hybridized carbons (Fsp3) is 0.267. The van der Waals surface area contributed by atoms with Gasteiger partial charge in [0.25, 0.3) is 0 Å². The van der Waals surface area contributed by atoms with Gasteiger partial charge in [0, 0.05) is 16.8 Å². The summed E-state index contributed by atoms with van der Waals surface area (Å²) >= 11 is 0. The number of rotatable bonds is 3. The second-order valence-corrected chi connectivity index (χ2v) is 4.33. The number of ether oxygens (including phenoxy) is 3. The standard InChI is InChI=1S/C15H16O5/c1-8-5-11(15(17)20-4)14(16)10-6-9(18-2)7-12(19-3)13(8)10/h5-7,16H,1-4H3. The molecule has 0 unspecified atom stereocenters. The Hall–Kier alpha value is -2.43. The molecule has 20 heavy (non-hydrogen) atoms. The number of aromatic hydroxyl groups is 1. The molecule has 0 aliphatic rings. The smallest absolute Gasteiger partial charge is 0.341 e. The molecule has 0 aliphatic carbocycles. The molecule has 1 N–H and O–H groups in total. The number of hydrogen-bond donors (Lipinski definition) is 1. The quantitative estimate of drug-likeness (QED) is 0.873. The minimum Gasteiger partial charge on any atom is -0.506 e. The first kappa shape index (κ1) is 14.0. The molecule has 0 saturated heterocycles. The van der Waals surface area contributed by atoms with E-state index in [4.69, 9.17) is 9.47 Å². The van der Waals surface area contributed by atoms with E-state index in [1.54, 1.807) is 25.3 Å². The van der Waals surface area contributed by atoms with Crippen LogP contribution in [0.1, 0.15) is 15.9 Å². The van der Waals surface area contributed by atoms with Crippen LogP contribution in [-0.4, -0.2) is 32.4 Å². The lowest BCUT2D eigenvalue weighted by molar-refractivity contribution is 0.0597. The molecule has 0 radical (unpaired) electrons. The summed E-state index contributed by atoms with van der Waals surface area (Å²) < 4.78 is 15.2. The van der Waals surface area contributed by atoms with Crippen LogP contribution in [0.2, 0.25) is 0 Å². The number of hydrogen-bond acceptors (Lipinski definition) is 5. The Balaban J connectivity index is 2.88. The molecule has 0 aromatic heterocycles. The maximum Gasteiger partial charge on any atom is 0.341 e. The lowest BCUT2D eigenvalue weighted by atomic mass is 9.99.